The number of carbonyl (C=O) groups is 1. The van der Waals surface area contributed by atoms with Gasteiger partial charge in [0.05, 0.1) is 0 Å². The van der Waals surface area contributed by atoms with Gasteiger partial charge in [0.25, 0.3) is 0 Å². The number of halogens is 1. The van der Waals surface area contributed by atoms with Crippen LogP contribution in [-0.4, -0.2) is 21.0 Å². The van der Waals surface area contributed by atoms with Crippen molar-refractivity contribution in [2.24, 2.45) is 0 Å². The van der Waals surface area contributed by atoms with Crippen LogP contribution < -0.4 is 0 Å². The zero-order chi connectivity index (χ0) is 6.85. The molecule has 1 radical (unpaired) electrons. The number of rotatable bonds is 1. The third-order valence-corrected chi connectivity index (χ3v) is 2.03. The SMILES string of the molecule is CC(=[I])N1CCCC1=O. The number of likely N-dealkylation sites (tertiary alicyclic amines) is 1. The second kappa shape index (κ2) is 2.77. The van der Waals surface area contributed by atoms with Crippen molar-refractivity contribution in [3.8, 4) is 0 Å². The molecule has 1 fully saturated rings. The van der Waals surface area contributed by atoms with Gasteiger partial charge in [0.1, 0.15) is 0 Å². The molecule has 0 atom stereocenters. The Kier molecular flexibility index (Phi) is 2.21. The maximum absolute atomic E-state index is 10.9. The van der Waals surface area contributed by atoms with Crippen LogP contribution in [0.4, 0.5) is 0 Å². The Morgan fingerprint density at radius 2 is 2.44 bits per heavy atom. The van der Waals surface area contributed by atoms with Crippen LogP contribution in [0.15, 0.2) is 0 Å². The van der Waals surface area contributed by atoms with Crippen LogP contribution in [0.2, 0.25) is 0 Å². The Balaban J connectivity index is 2.60. The first-order valence-electron chi connectivity index (χ1n) is 3.01. The molecule has 1 saturated heterocycles. The van der Waals surface area contributed by atoms with Gasteiger partial charge in [-0.1, -0.05) is 0 Å². The van der Waals surface area contributed by atoms with Gasteiger partial charge in [0.2, 0.25) is 0 Å². The predicted octanol–water partition coefficient (Wildman–Crippen LogP) is 1.19. The van der Waals surface area contributed by atoms with Gasteiger partial charge in [-0.3, -0.25) is 0 Å². The van der Waals surface area contributed by atoms with Crippen molar-refractivity contribution in [1.29, 1.82) is 0 Å². The summed E-state index contributed by atoms with van der Waals surface area (Å²) in [6, 6.07) is 0. The van der Waals surface area contributed by atoms with E-state index in [-0.39, 0.29) is 5.91 Å². The minimum absolute atomic E-state index is 0.280. The number of amides is 1. The van der Waals surface area contributed by atoms with Gasteiger partial charge in [0, 0.05) is 0 Å². The van der Waals surface area contributed by atoms with Gasteiger partial charge in [-0.2, -0.15) is 0 Å². The molecule has 0 aromatic carbocycles. The van der Waals surface area contributed by atoms with Crippen LogP contribution in [0.5, 0.6) is 0 Å². The fraction of sp³-hybridized carbons (Fsp3) is 0.667. The molecule has 1 heterocycles. The van der Waals surface area contributed by atoms with E-state index in [4.69, 9.17) is 0 Å². The van der Waals surface area contributed by atoms with Crippen molar-refractivity contribution in [1.82, 2.24) is 4.90 Å². The number of hydrogen-bond donors (Lipinski definition) is 0. The summed E-state index contributed by atoms with van der Waals surface area (Å²) in [5, 5.41) is 0. The molecule has 1 aliphatic heterocycles. The molecule has 51 valence electrons. The first-order valence-corrected chi connectivity index (χ1v) is 4.09. The molecule has 0 aromatic heterocycles. The molecule has 0 N–H and O–H groups in total. The van der Waals surface area contributed by atoms with Gasteiger partial charge in [-0.05, 0) is 0 Å². The van der Waals surface area contributed by atoms with E-state index in [0.717, 1.165) is 23.0 Å². The number of carbonyl (C=O) groups excluding carboxylic acids is 1. The molecule has 0 aliphatic carbocycles. The molecule has 0 bridgehead atoms. The molecule has 0 saturated carbocycles. The molecule has 1 aliphatic rings. The second-order valence-corrected chi connectivity index (χ2v) is 3.71. The van der Waals surface area contributed by atoms with Crippen LogP contribution in [0.25, 0.3) is 0 Å². The minimum atomic E-state index is 0.280. The summed E-state index contributed by atoms with van der Waals surface area (Å²) >= 11 is 2.18. The third kappa shape index (κ3) is 1.50. The van der Waals surface area contributed by atoms with E-state index >= 15 is 0 Å². The van der Waals surface area contributed by atoms with Crippen LogP contribution in [0, 0.1) is 0 Å². The molecule has 9 heavy (non-hydrogen) atoms. The summed E-state index contributed by atoms with van der Waals surface area (Å²) in [4.78, 5) is 12.7. The van der Waals surface area contributed by atoms with Crippen LogP contribution in [0.3, 0.4) is 0 Å². The van der Waals surface area contributed by atoms with Gasteiger partial charge in [0.15, 0.2) is 0 Å². The standard InChI is InChI=1S/C6H9INO/c1-5(7)8-4-2-3-6(8)9/h2-4H2,1H3. The van der Waals surface area contributed by atoms with E-state index in [1.54, 1.807) is 0 Å². The van der Waals surface area contributed by atoms with Crippen molar-refractivity contribution in [2.45, 2.75) is 19.8 Å². The van der Waals surface area contributed by atoms with Crippen molar-refractivity contribution in [3.63, 3.8) is 0 Å². The molecular formula is C6H9INO. The van der Waals surface area contributed by atoms with Gasteiger partial charge in [-0.25, -0.2) is 0 Å². The Morgan fingerprint density at radius 3 is 2.67 bits per heavy atom. The normalized spacial score (nSPS) is 18.8. The summed E-state index contributed by atoms with van der Waals surface area (Å²) in [5.41, 5.74) is 0. The summed E-state index contributed by atoms with van der Waals surface area (Å²) in [6.45, 7) is 2.89. The quantitative estimate of drug-likeness (QED) is 0.628. The Hall–Kier alpha value is 0.0700. The van der Waals surface area contributed by atoms with E-state index < -0.39 is 0 Å². The third-order valence-electron chi connectivity index (χ3n) is 1.45. The fourth-order valence-electron chi connectivity index (χ4n) is 0.974. The molecule has 3 heteroatoms. The molecule has 0 aromatic rings. The van der Waals surface area contributed by atoms with E-state index in [1.165, 1.54) is 0 Å². The summed E-state index contributed by atoms with van der Waals surface area (Å²) in [5.74, 6) is 0.280. The van der Waals surface area contributed by atoms with Crippen molar-refractivity contribution in [2.75, 3.05) is 6.54 Å². The van der Waals surface area contributed by atoms with Crippen LogP contribution >= 0.6 is 22.1 Å². The topological polar surface area (TPSA) is 20.3 Å². The first kappa shape index (κ1) is 7.18. The Bertz CT molecular complexity index is 155. The molecular weight excluding hydrogens is 229 g/mol. The maximum atomic E-state index is 10.9. The molecule has 2 nitrogen and oxygen atoms in total. The van der Waals surface area contributed by atoms with Crippen molar-refractivity contribution >= 4 is 31.7 Å². The summed E-state index contributed by atoms with van der Waals surface area (Å²) in [6.07, 6.45) is 1.76. The first-order chi connectivity index (χ1) is 4.22. The predicted molar refractivity (Wildman–Crippen MR) is 45.6 cm³/mol. The second-order valence-electron chi connectivity index (χ2n) is 2.15. The average Bonchev–Trinajstić information content (AvgIpc) is 2.13. The molecule has 0 unspecified atom stereocenters. The van der Waals surface area contributed by atoms with E-state index in [0.29, 0.717) is 0 Å². The van der Waals surface area contributed by atoms with Crippen LogP contribution in [-0.2, 0) is 4.79 Å². The Morgan fingerprint density at radius 1 is 1.78 bits per heavy atom. The zero-order valence-electron chi connectivity index (χ0n) is 5.35. The Labute approximate surface area is 67.9 Å². The van der Waals surface area contributed by atoms with Crippen molar-refractivity contribution < 1.29 is 4.79 Å². The molecule has 1 rings (SSSR count). The summed E-state index contributed by atoms with van der Waals surface area (Å²) < 4.78 is 1.09. The van der Waals surface area contributed by atoms with Gasteiger partial charge < -0.3 is 0 Å². The van der Waals surface area contributed by atoms with Crippen LogP contribution in [0.1, 0.15) is 19.8 Å². The van der Waals surface area contributed by atoms with Gasteiger partial charge >= 0.3 is 67.7 Å². The van der Waals surface area contributed by atoms with E-state index in [1.807, 2.05) is 11.8 Å². The molecule has 1 amide bonds. The number of nitrogens with zero attached hydrogens (tertiary/aromatic N) is 1. The monoisotopic (exact) mass is 238 g/mol. The zero-order valence-corrected chi connectivity index (χ0v) is 7.51. The van der Waals surface area contributed by atoms with Crippen molar-refractivity contribution in [3.05, 3.63) is 0 Å². The van der Waals surface area contributed by atoms with E-state index in [9.17, 15) is 4.79 Å². The van der Waals surface area contributed by atoms with Gasteiger partial charge in [-0.15, -0.1) is 0 Å². The summed E-state index contributed by atoms with van der Waals surface area (Å²) in [7, 11) is 0. The fourth-order valence-corrected chi connectivity index (χ4v) is 1.48. The number of hydrogen-bond acceptors (Lipinski definition) is 1. The average molecular weight is 238 g/mol. The molecule has 0 spiro atoms. The van der Waals surface area contributed by atoms with E-state index in [2.05, 4.69) is 22.1 Å².